The highest BCUT2D eigenvalue weighted by Crippen LogP contribution is 2.19. The third-order valence-corrected chi connectivity index (χ3v) is 3.75. The first-order chi connectivity index (χ1) is 12.0. The molecule has 0 spiro atoms. The molecule has 0 saturated carbocycles. The quantitative estimate of drug-likeness (QED) is 0.725. The van der Waals surface area contributed by atoms with Gasteiger partial charge in [0.1, 0.15) is 11.8 Å². The van der Waals surface area contributed by atoms with Crippen molar-refractivity contribution in [3.8, 4) is 5.75 Å². The lowest BCUT2D eigenvalue weighted by atomic mass is 10.1. The zero-order valence-electron chi connectivity index (χ0n) is 13.5. The second-order valence-electron chi connectivity index (χ2n) is 5.62. The summed E-state index contributed by atoms with van der Waals surface area (Å²) in [6, 6.07) is 12.9. The highest BCUT2D eigenvalue weighted by molar-refractivity contribution is 6.04. The molecule has 0 radical (unpaired) electrons. The lowest BCUT2D eigenvalue weighted by Crippen LogP contribution is -2.22. The van der Waals surface area contributed by atoms with Gasteiger partial charge in [-0.05, 0) is 36.2 Å². The third-order valence-electron chi connectivity index (χ3n) is 3.75. The normalized spacial score (nSPS) is 16.1. The molecule has 128 valence electrons. The second-order valence-corrected chi connectivity index (χ2v) is 5.62. The van der Waals surface area contributed by atoms with E-state index in [4.69, 9.17) is 4.74 Å². The molecule has 7 nitrogen and oxygen atoms in total. The van der Waals surface area contributed by atoms with Crippen LogP contribution in [0.2, 0.25) is 0 Å². The first-order valence-electron chi connectivity index (χ1n) is 7.72. The number of urea groups is 1. The topological polar surface area (TPSA) is 96.5 Å². The van der Waals surface area contributed by atoms with Crippen LogP contribution in [0.25, 0.3) is 0 Å². The monoisotopic (exact) mass is 339 g/mol. The largest absolute Gasteiger partial charge is 0.483 e. The van der Waals surface area contributed by atoms with E-state index in [1.807, 2.05) is 25.1 Å². The van der Waals surface area contributed by atoms with Gasteiger partial charge in [0.05, 0.1) is 0 Å². The molecule has 1 fully saturated rings. The van der Waals surface area contributed by atoms with E-state index >= 15 is 0 Å². The molecule has 25 heavy (non-hydrogen) atoms. The number of benzene rings is 2. The Morgan fingerprint density at radius 1 is 1.12 bits per heavy atom. The first kappa shape index (κ1) is 16.5. The molecule has 1 heterocycles. The van der Waals surface area contributed by atoms with Gasteiger partial charge in [0.2, 0.25) is 0 Å². The van der Waals surface area contributed by atoms with Crippen LogP contribution in [0, 0.1) is 6.92 Å². The molecular weight excluding hydrogens is 322 g/mol. The van der Waals surface area contributed by atoms with Gasteiger partial charge in [-0.15, -0.1) is 0 Å². The predicted molar refractivity (Wildman–Crippen MR) is 91.2 cm³/mol. The van der Waals surface area contributed by atoms with Gasteiger partial charge in [0, 0.05) is 5.69 Å². The lowest BCUT2D eigenvalue weighted by Gasteiger charge is -2.11. The summed E-state index contributed by atoms with van der Waals surface area (Å²) in [5.74, 6) is -0.0210. The molecule has 2 aromatic rings. The van der Waals surface area contributed by atoms with Crippen LogP contribution in [0.3, 0.4) is 0 Å². The molecule has 7 heteroatoms. The summed E-state index contributed by atoms with van der Waals surface area (Å²) in [6.07, 6.45) is 0. The number of anilines is 1. The molecule has 1 aliphatic heterocycles. The number of imide groups is 1. The minimum Gasteiger partial charge on any atom is -0.483 e. The van der Waals surface area contributed by atoms with Crippen LogP contribution < -0.4 is 20.7 Å². The second kappa shape index (κ2) is 7.04. The van der Waals surface area contributed by atoms with Crippen molar-refractivity contribution < 1.29 is 19.1 Å². The fourth-order valence-electron chi connectivity index (χ4n) is 2.47. The van der Waals surface area contributed by atoms with Gasteiger partial charge in [-0.25, -0.2) is 4.79 Å². The average Bonchev–Trinajstić information content (AvgIpc) is 2.93. The average molecular weight is 339 g/mol. The van der Waals surface area contributed by atoms with Gasteiger partial charge in [0.25, 0.3) is 11.8 Å². The van der Waals surface area contributed by atoms with Crippen molar-refractivity contribution in [1.29, 1.82) is 0 Å². The summed E-state index contributed by atoms with van der Waals surface area (Å²) in [5, 5.41) is 7.41. The Hall–Kier alpha value is -3.35. The number of para-hydroxylation sites is 1. The van der Waals surface area contributed by atoms with Crippen molar-refractivity contribution in [2.24, 2.45) is 0 Å². The summed E-state index contributed by atoms with van der Waals surface area (Å²) in [4.78, 5) is 34.7. The fraction of sp³-hybridized carbons (Fsp3) is 0.167. The van der Waals surface area contributed by atoms with Crippen molar-refractivity contribution in [3.63, 3.8) is 0 Å². The van der Waals surface area contributed by atoms with Gasteiger partial charge in [0.15, 0.2) is 6.61 Å². The Balaban J connectivity index is 1.56. The van der Waals surface area contributed by atoms with Gasteiger partial charge in [-0.3, -0.25) is 14.9 Å². The van der Waals surface area contributed by atoms with Crippen molar-refractivity contribution in [2.45, 2.75) is 13.0 Å². The molecule has 0 bridgehead atoms. The van der Waals surface area contributed by atoms with Gasteiger partial charge in [-0.2, -0.15) is 0 Å². The summed E-state index contributed by atoms with van der Waals surface area (Å²) in [6.45, 7) is 1.80. The third kappa shape index (κ3) is 3.95. The van der Waals surface area contributed by atoms with Crippen LogP contribution in [0.15, 0.2) is 48.5 Å². The number of hydrogen-bond acceptors (Lipinski definition) is 4. The van der Waals surface area contributed by atoms with E-state index < -0.39 is 18.0 Å². The van der Waals surface area contributed by atoms with Crippen LogP contribution in [-0.2, 0) is 9.59 Å². The van der Waals surface area contributed by atoms with E-state index in [0.29, 0.717) is 17.0 Å². The number of carbonyl (C=O) groups is 3. The number of aryl methyl sites for hydroxylation is 1. The summed E-state index contributed by atoms with van der Waals surface area (Å²) < 4.78 is 5.49. The van der Waals surface area contributed by atoms with Crippen LogP contribution in [0.5, 0.6) is 5.75 Å². The molecule has 2 aromatic carbocycles. The van der Waals surface area contributed by atoms with Gasteiger partial charge >= 0.3 is 6.03 Å². The van der Waals surface area contributed by atoms with Crippen LogP contribution in [-0.4, -0.2) is 24.5 Å². The summed E-state index contributed by atoms with van der Waals surface area (Å²) in [7, 11) is 0. The molecule has 3 rings (SSSR count). The van der Waals surface area contributed by atoms with E-state index in [1.54, 1.807) is 30.3 Å². The van der Waals surface area contributed by atoms with E-state index in [2.05, 4.69) is 16.0 Å². The zero-order chi connectivity index (χ0) is 17.8. The van der Waals surface area contributed by atoms with Crippen LogP contribution in [0.1, 0.15) is 17.2 Å². The number of rotatable bonds is 5. The number of ether oxygens (including phenoxy) is 1. The molecule has 1 atom stereocenters. The molecule has 1 saturated heterocycles. The van der Waals surface area contributed by atoms with E-state index in [1.165, 1.54) is 0 Å². The molecule has 3 N–H and O–H groups in total. The van der Waals surface area contributed by atoms with Crippen molar-refractivity contribution in [1.82, 2.24) is 10.6 Å². The molecule has 4 amide bonds. The van der Waals surface area contributed by atoms with E-state index in [9.17, 15) is 14.4 Å². The minimum atomic E-state index is -0.707. The van der Waals surface area contributed by atoms with Crippen LogP contribution in [0.4, 0.5) is 10.5 Å². The number of carbonyl (C=O) groups excluding carboxylic acids is 3. The molecule has 0 aliphatic carbocycles. The first-order valence-corrected chi connectivity index (χ1v) is 7.72. The molecular formula is C18H17N3O4. The Kier molecular flexibility index (Phi) is 4.65. The maximum absolute atomic E-state index is 12.0. The van der Waals surface area contributed by atoms with Gasteiger partial charge < -0.3 is 15.4 Å². The highest BCUT2D eigenvalue weighted by Gasteiger charge is 2.30. The SMILES string of the molecule is Cc1ccccc1OCC(=O)Nc1ccc(C2NC(=O)NC2=O)cc1. The maximum atomic E-state index is 12.0. The predicted octanol–water partition coefficient (Wildman–Crippen LogP) is 1.89. The smallest absolute Gasteiger partial charge is 0.322 e. The van der Waals surface area contributed by atoms with Crippen LogP contribution >= 0.6 is 0 Å². The molecule has 0 aromatic heterocycles. The zero-order valence-corrected chi connectivity index (χ0v) is 13.5. The van der Waals surface area contributed by atoms with Gasteiger partial charge in [-0.1, -0.05) is 30.3 Å². The summed E-state index contributed by atoms with van der Waals surface area (Å²) in [5.41, 5.74) is 2.17. The van der Waals surface area contributed by atoms with Crippen molar-refractivity contribution in [2.75, 3.05) is 11.9 Å². The molecule has 1 aliphatic rings. The standard InChI is InChI=1S/C18H17N3O4/c1-11-4-2-3-5-14(11)25-10-15(22)19-13-8-6-12(7-9-13)16-17(23)21-18(24)20-16/h2-9,16H,10H2,1H3,(H,19,22)(H2,20,21,23,24). The Labute approximate surface area is 144 Å². The Morgan fingerprint density at radius 2 is 1.84 bits per heavy atom. The maximum Gasteiger partial charge on any atom is 0.322 e. The van der Waals surface area contributed by atoms with E-state index in [-0.39, 0.29) is 12.5 Å². The Morgan fingerprint density at radius 3 is 2.48 bits per heavy atom. The molecule has 1 unspecified atom stereocenters. The number of nitrogens with one attached hydrogen (secondary N) is 3. The number of hydrogen-bond donors (Lipinski definition) is 3. The Bertz CT molecular complexity index is 817. The lowest BCUT2D eigenvalue weighted by molar-refractivity contribution is -0.120. The van der Waals surface area contributed by atoms with Crippen molar-refractivity contribution in [3.05, 3.63) is 59.7 Å². The fourth-order valence-corrected chi connectivity index (χ4v) is 2.47. The number of amides is 4. The minimum absolute atomic E-state index is 0.103. The van der Waals surface area contributed by atoms with Crippen molar-refractivity contribution >= 4 is 23.5 Å². The highest BCUT2D eigenvalue weighted by atomic mass is 16.5. The summed E-state index contributed by atoms with van der Waals surface area (Å²) >= 11 is 0. The van der Waals surface area contributed by atoms with E-state index in [0.717, 1.165) is 5.56 Å².